The first-order valence-corrected chi connectivity index (χ1v) is 13.4. The number of aromatic nitrogens is 2. The van der Waals surface area contributed by atoms with Crippen molar-refractivity contribution in [1.29, 1.82) is 0 Å². The summed E-state index contributed by atoms with van der Waals surface area (Å²) in [6.07, 6.45) is 2.52. The number of nitrogens with zero attached hydrogens (tertiary/aromatic N) is 3. The SMILES string of the molecule is CC1(C)OB(c2ccc(C=O)c([N+](=O)[O-])c2)OC1(C)C.CCn1cc2ccc(B3OC(C)(C)C(C)(C)O3)cc2n1. The summed E-state index contributed by atoms with van der Waals surface area (Å²) in [5, 5.41) is 16.7. The summed E-state index contributed by atoms with van der Waals surface area (Å²) < 4.78 is 25.7. The Kier molecular flexibility index (Phi) is 7.79. The summed E-state index contributed by atoms with van der Waals surface area (Å²) in [6, 6.07) is 10.5. The fourth-order valence-electron chi connectivity index (χ4n) is 4.32. The molecule has 2 aliphatic rings. The molecule has 2 aromatic carbocycles. The predicted octanol–water partition coefficient (Wildman–Crippen LogP) is 4.06. The Morgan fingerprint density at radius 2 is 1.32 bits per heavy atom. The van der Waals surface area contributed by atoms with Crippen molar-refractivity contribution in [2.24, 2.45) is 0 Å². The van der Waals surface area contributed by atoms with Crippen LogP contribution in [-0.2, 0) is 25.2 Å². The van der Waals surface area contributed by atoms with E-state index < -0.39 is 23.2 Å². The molecule has 0 aliphatic carbocycles. The lowest BCUT2D eigenvalue weighted by molar-refractivity contribution is -0.385. The molecule has 0 unspecified atom stereocenters. The van der Waals surface area contributed by atoms with Crippen LogP contribution in [0.3, 0.4) is 0 Å². The number of rotatable bonds is 5. The maximum Gasteiger partial charge on any atom is 0.495 e. The molecule has 0 bridgehead atoms. The molecule has 212 valence electrons. The Morgan fingerprint density at radius 1 is 0.850 bits per heavy atom. The van der Waals surface area contributed by atoms with Crippen molar-refractivity contribution < 1.29 is 28.3 Å². The van der Waals surface area contributed by atoms with Crippen LogP contribution in [0.25, 0.3) is 10.9 Å². The van der Waals surface area contributed by atoms with Gasteiger partial charge in [-0.15, -0.1) is 0 Å². The zero-order valence-corrected chi connectivity index (χ0v) is 24.7. The molecule has 2 saturated heterocycles. The number of carbonyl (C=O) groups excluding carboxylic acids is 1. The highest BCUT2D eigenvalue weighted by Gasteiger charge is 2.52. The van der Waals surface area contributed by atoms with E-state index in [9.17, 15) is 14.9 Å². The van der Waals surface area contributed by atoms with Crippen molar-refractivity contribution in [1.82, 2.24) is 9.78 Å². The molecule has 0 spiro atoms. The van der Waals surface area contributed by atoms with Crippen LogP contribution < -0.4 is 10.9 Å². The van der Waals surface area contributed by atoms with Gasteiger partial charge < -0.3 is 18.6 Å². The Hall–Kier alpha value is -3.05. The molecule has 0 amide bonds. The Labute approximate surface area is 235 Å². The molecule has 0 atom stereocenters. The first-order chi connectivity index (χ1) is 18.5. The van der Waals surface area contributed by atoms with Gasteiger partial charge in [-0.25, -0.2) is 0 Å². The van der Waals surface area contributed by atoms with E-state index in [2.05, 4.69) is 64.1 Å². The lowest BCUT2D eigenvalue weighted by Crippen LogP contribution is -2.41. The molecule has 0 radical (unpaired) electrons. The van der Waals surface area contributed by atoms with Gasteiger partial charge in [-0.2, -0.15) is 5.10 Å². The fraction of sp³-hybridized carbons (Fsp3) is 0.500. The number of hydrogen-bond donors (Lipinski definition) is 0. The van der Waals surface area contributed by atoms with Gasteiger partial charge in [0.2, 0.25) is 0 Å². The van der Waals surface area contributed by atoms with E-state index in [4.69, 9.17) is 18.6 Å². The Morgan fingerprint density at radius 3 is 1.77 bits per heavy atom. The third-order valence-electron chi connectivity index (χ3n) is 8.33. The van der Waals surface area contributed by atoms with Crippen molar-refractivity contribution in [2.75, 3.05) is 0 Å². The minimum absolute atomic E-state index is 0.0373. The smallest absolute Gasteiger partial charge is 0.399 e. The van der Waals surface area contributed by atoms with Gasteiger partial charge in [0.15, 0.2) is 6.29 Å². The van der Waals surface area contributed by atoms with Crippen molar-refractivity contribution in [3.63, 3.8) is 0 Å². The van der Waals surface area contributed by atoms with Gasteiger partial charge in [0.05, 0.1) is 38.4 Å². The lowest BCUT2D eigenvalue weighted by Gasteiger charge is -2.32. The molecule has 40 heavy (non-hydrogen) atoms. The van der Waals surface area contributed by atoms with Gasteiger partial charge in [-0.1, -0.05) is 18.2 Å². The van der Waals surface area contributed by atoms with E-state index in [0.29, 0.717) is 11.7 Å². The van der Waals surface area contributed by atoms with Crippen molar-refractivity contribution in [3.8, 4) is 0 Å². The van der Waals surface area contributed by atoms with E-state index in [1.165, 1.54) is 12.1 Å². The number of carbonyl (C=O) groups is 1. The second kappa shape index (κ2) is 10.4. The van der Waals surface area contributed by atoms with Gasteiger partial charge in [0, 0.05) is 24.2 Å². The largest absolute Gasteiger partial charge is 0.495 e. The van der Waals surface area contributed by atoms with Crippen LogP contribution in [0.15, 0.2) is 42.6 Å². The molecule has 1 aromatic heterocycles. The Bertz CT molecular complexity index is 1400. The predicted molar refractivity (Wildman–Crippen MR) is 155 cm³/mol. The quantitative estimate of drug-likeness (QED) is 0.203. The molecule has 3 heterocycles. The number of benzene rings is 2. The minimum Gasteiger partial charge on any atom is -0.399 e. The molecule has 10 nitrogen and oxygen atoms in total. The summed E-state index contributed by atoms with van der Waals surface area (Å²) in [7, 11) is -1.00. The maximum atomic E-state index is 11.0. The summed E-state index contributed by atoms with van der Waals surface area (Å²) in [4.78, 5) is 21.2. The van der Waals surface area contributed by atoms with Gasteiger partial charge in [-0.3, -0.25) is 19.6 Å². The zero-order valence-electron chi connectivity index (χ0n) is 24.7. The lowest BCUT2D eigenvalue weighted by atomic mass is 9.78. The number of hydrogen-bond acceptors (Lipinski definition) is 8. The van der Waals surface area contributed by atoms with E-state index in [0.717, 1.165) is 22.9 Å². The summed E-state index contributed by atoms with van der Waals surface area (Å²) in [6.45, 7) is 18.8. The van der Waals surface area contributed by atoms with E-state index in [1.807, 2.05) is 32.4 Å². The third-order valence-corrected chi connectivity index (χ3v) is 8.33. The van der Waals surface area contributed by atoms with Gasteiger partial charge >= 0.3 is 14.2 Å². The standard InChI is InChI=1S/C15H21BN2O2.C13H16BNO5/c1-6-18-10-11-7-8-12(9-13(11)17-18)16-19-14(2,3)15(4,5)20-16;1-12(2)13(3,4)20-14(19-12)10-6-5-9(8-16)11(7-10)15(17)18/h7-10H,6H2,1-5H3;5-8H,1-4H3. The summed E-state index contributed by atoms with van der Waals surface area (Å²) in [5.41, 5.74) is 0.677. The van der Waals surface area contributed by atoms with Gasteiger partial charge in [-0.05, 0) is 85.4 Å². The normalized spacial score (nSPS) is 20.3. The van der Waals surface area contributed by atoms with Crippen molar-refractivity contribution >= 4 is 48.0 Å². The van der Waals surface area contributed by atoms with Gasteiger partial charge in [0.25, 0.3) is 5.69 Å². The monoisotopic (exact) mass is 549 g/mol. The van der Waals surface area contributed by atoms with E-state index >= 15 is 0 Å². The molecular weight excluding hydrogens is 512 g/mol. The summed E-state index contributed by atoms with van der Waals surface area (Å²) in [5.74, 6) is 0. The highest BCUT2D eigenvalue weighted by atomic mass is 16.7. The highest BCUT2D eigenvalue weighted by molar-refractivity contribution is 6.62. The molecule has 0 saturated carbocycles. The van der Waals surface area contributed by atoms with E-state index in [-0.39, 0.29) is 29.6 Å². The second-order valence-electron chi connectivity index (χ2n) is 12.2. The Balaban J connectivity index is 0.000000185. The average molecular weight is 549 g/mol. The topological polar surface area (TPSA) is 115 Å². The highest BCUT2D eigenvalue weighted by Crippen LogP contribution is 2.37. The average Bonchev–Trinajstić information content (AvgIpc) is 3.46. The number of aryl methyl sites for hydroxylation is 1. The molecule has 3 aromatic rings. The zero-order chi connectivity index (χ0) is 29.7. The summed E-state index contributed by atoms with van der Waals surface area (Å²) >= 11 is 0. The first kappa shape index (κ1) is 29.9. The molecule has 12 heteroatoms. The van der Waals surface area contributed by atoms with Crippen LogP contribution in [-0.4, -0.2) is 57.6 Å². The molecule has 0 N–H and O–H groups in total. The molecular formula is C28H37B2N3O7. The minimum atomic E-state index is -0.681. The van der Waals surface area contributed by atoms with Crippen molar-refractivity contribution in [2.45, 2.75) is 91.3 Å². The van der Waals surface area contributed by atoms with Crippen LogP contribution >= 0.6 is 0 Å². The maximum absolute atomic E-state index is 11.0. The van der Waals surface area contributed by atoms with Crippen LogP contribution in [0.4, 0.5) is 5.69 Å². The van der Waals surface area contributed by atoms with Crippen LogP contribution in [0, 0.1) is 10.1 Å². The third kappa shape index (κ3) is 5.58. The number of fused-ring (bicyclic) bond motifs is 1. The van der Waals surface area contributed by atoms with Crippen LogP contribution in [0.2, 0.25) is 0 Å². The fourth-order valence-corrected chi connectivity index (χ4v) is 4.32. The van der Waals surface area contributed by atoms with Crippen LogP contribution in [0.1, 0.15) is 72.7 Å². The number of aldehydes is 1. The number of nitro groups is 1. The number of nitro benzene ring substituents is 1. The second-order valence-corrected chi connectivity index (χ2v) is 12.2. The first-order valence-electron chi connectivity index (χ1n) is 13.4. The molecule has 5 rings (SSSR count). The van der Waals surface area contributed by atoms with Crippen molar-refractivity contribution in [3.05, 3.63) is 58.3 Å². The van der Waals surface area contributed by atoms with E-state index in [1.54, 1.807) is 6.07 Å². The molecule has 2 aliphatic heterocycles. The molecule has 2 fully saturated rings. The van der Waals surface area contributed by atoms with Crippen LogP contribution in [0.5, 0.6) is 0 Å². The van der Waals surface area contributed by atoms with Gasteiger partial charge in [0.1, 0.15) is 0 Å².